The molecule has 0 N–H and O–H groups in total. The first-order valence-corrected chi connectivity index (χ1v) is 6.36. The van der Waals surface area contributed by atoms with Crippen molar-refractivity contribution in [2.75, 3.05) is 25.1 Å². The number of piperidine rings is 1. The van der Waals surface area contributed by atoms with Gasteiger partial charge in [-0.2, -0.15) is 11.8 Å². The minimum atomic E-state index is 0.745. The molecule has 0 aromatic heterocycles. The monoisotopic (exact) mass is 187 g/mol. The molecule has 12 heavy (non-hydrogen) atoms. The lowest BCUT2D eigenvalue weighted by molar-refractivity contribution is 0.149. The van der Waals surface area contributed by atoms with Crippen molar-refractivity contribution in [3.8, 4) is 0 Å². The average Bonchev–Trinajstić information content (AvgIpc) is 2.05. The molecule has 1 aliphatic heterocycles. The van der Waals surface area contributed by atoms with Crippen molar-refractivity contribution in [3.05, 3.63) is 0 Å². The molecule has 1 fully saturated rings. The van der Waals surface area contributed by atoms with E-state index in [0.29, 0.717) is 0 Å². The summed E-state index contributed by atoms with van der Waals surface area (Å²) in [5.74, 6) is 2.31. The summed E-state index contributed by atoms with van der Waals surface area (Å²) in [6.07, 6.45) is 5.07. The van der Waals surface area contributed by atoms with Gasteiger partial charge >= 0.3 is 0 Å². The van der Waals surface area contributed by atoms with Gasteiger partial charge in [0.15, 0.2) is 0 Å². The van der Waals surface area contributed by atoms with Crippen molar-refractivity contribution < 1.29 is 0 Å². The first-order valence-electron chi connectivity index (χ1n) is 4.97. The minimum Gasteiger partial charge on any atom is -0.301 e. The third-order valence-corrected chi connectivity index (χ3v) is 3.49. The highest BCUT2D eigenvalue weighted by Crippen LogP contribution is 2.20. The molecule has 0 radical (unpaired) electrons. The summed E-state index contributed by atoms with van der Waals surface area (Å²) in [5, 5.41) is 0. The van der Waals surface area contributed by atoms with E-state index in [0.717, 1.165) is 12.0 Å². The number of nitrogens with zero attached hydrogens (tertiary/aromatic N) is 1. The van der Waals surface area contributed by atoms with Crippen LogP contribution in [0.5, 0.6) is 0 Å². The number of hydrogen-bond acceptors (Lipinski definition) is 2. The van der Waals surface area contributed by atoms with E-state index < -0.39 is 0 Å². The molecule has 72 valence electrons. The standard InChI is InChI=1S/C10H21NS/c1-9(2)11-6-4-5-10(7-11)8-12-3/h9-10H,4-8H2,1-3H3. The van der Waals surface area contributed by atoms with Crippen LogP contribution >= 0.6 is 11.8 Å². The zero-order valence-electron chi connectivity index (χ0n) is 8.55. The molecule has 0 amide bonds. The van der Waals surface area contributed by atoms with Gasteiger partial charge in [-0.25, -0.2) is 0 Å². The van der Waals surface area contributed by atoms with Crippen LogP contribution in [0.25, 0.3) is 0 Å². The summed E-state index contributed by atoms with van der Waals surface area (Å²) in [6.45, 7) is 7.27. The van der Waals surface area contributed by atoms with Gasteiger partial charge in [0.2, 0.25) is 0 Å². The number of rotatable bonds is 3. The summed E-state index contributed by atoms with van der Waals surface area (Å²) in [7, 11) is 0. The molecule has 0 saturated carbocycles. The Hall–Kier alpha value is 0.310. The van der Waals surface area contributed by atoms with Crippen LogP contribution in [0.2, 0.25) is 0 Å². The van der Waals surface area contributed by atoms with Crippen molar-refractivity contribution in [1.29, 1.82) is 0 Å². The Balaban J connectivity index is 2.30. The van der Waals surface area contributed by atoms with E-state index >= 15 is 0 Å². The summed E-state index contributed by atoms with van der Waals surface area (Å²) in [5.41, 5.74) is 0. The van der Waals surface area contributed by atoms with Crippen molar-refractivity contribution in [3.63, 3.8) is 0 Å². The number of likely N-dealkylation sites (tertiary alicyclic amines) is 1. The molecule has 1 heterocycles. The molecule has 1 aliphatic rings. The summed E-state index contributed by atoms with van der Waals surface area (Å²) >= 11 is 2.00. The van der Waals surface area contributed by atoms with Crippen LogP contribution in [0.3, 0.4) is 0 Å². The fourth-order valence-corrected chi connectivity index (χ4v) is 2.68. The van der Waals surface area contributed by atoms with Gasteiger partial charge in [0, 0.05) is 12.6 Å². The lowest BCUT2D eigenvalue weighted by atomic mass is 9.99. The Morgan fingerprint density at radius 1 is 1.50 bits per heavy atom. The van der Waals surface area contributed by atoms with Gasteiger partial charge in [-0.15, -0.1) is 0 Å². The molecule has 0 bridgehead atoms. The maximum Gasteiger partial charge on any atom is 0.00387 e. The molecule has 1 saturated heterocycles. The smallest absolute Gasteiger partial charge is 0.00387 e. The fourth-order valence-electron chi connectivity index (χ4n) is 1.94. The third-order valence-electron chi connectivity index (χ3n) is 2.68. The average molecular weight is 187 g/mol. The Bertz CT molecular complexity index is 123. The summed E-state index contributed by atoms with van der Waals surface area (Å²) < 4.78 is 0. The van der Waals surface area contributed by atoms with Crippen molar-refractivity contribution >= 4 is 11.8 Å². The van der Waals surface area contributed by atoms with Crippen LogP contribution in [0, 0.1) is 5.92 Å². The Labute approximate surface area is 80.9 Å². The van der Waals surface area contributed by atoms with Crippen LogP contribution in [0.15, 0.2) is 0 Å². The molecule has 0 aromatic carbocycles. The zero-order valence-corrected chi connectivity index (χ0v) is 9.36. The Morgan fingerprint density at radius 3 is 2.83 bits per heavy atom. The van der Waals surface area contributed by atoms with E-state index in [-0.39, 0.29) is 0 Å². The lowest BCUT2D eigenvalue weighted by Gasteiger charge is -2.35. The predicted molar refractivity (Wildman–Crippen MR) is 57.8 cm³/mol. The second kappa shape index (κ2) is 5.13. The van der Waals surface area contributed by atoms with E-state index in [9.17, 15) is 0 Å². The summed E-state index contributed by atoms with van der Waals surface area (Å²) in [4.78, 5) is 2.62. The van der Waals surface area contributed by atoms with Crippen LogP contribution in [-0.2, 0) is 0 Å². The number of thioether (sulfide) groups is 1. The van der Waals surface area contributed by atoms with E-state index in [1.165, 1.54) is 31.7 Å². The highest BCUT2D eigenvalue weighted by Gasteiger charge is 2.20. The third kappa shape index (κ3) is 2.98. The van der Waals surface area contributed by atoms with Crippen molar-refractivity contribution in [1.82, 2.24) is 4.90 Å². The second-order valence-electron chi connectivity index (χ2n) is 4.05. The van der Waals surface area contributed by atoms with Gasteiger partial charge in [-0.05, 0) is 51.2 Å². The first kappa shape index (κ1) is 10.4. The van der Waals surface area contributed by atoms with Crippen LogP contribution in [0.1, 0.15) is 26.7 Å². The molecule has 1 nitrogen and oxygen atoms in total. The summed E-state index contributed by atoms with van der Waals surface area (Å²) in [6, 6.07) is 0.745. The molecule has 2 heteroatoms. The normalized spacial score (nSPS) is 26.5. The highest BCUT2D eigenvalue weighted by atomic mass is 32.2. The van der Waals surface area contributed by atoms with Gasteiger partial charge in [0.25, 0.3) is 0 Å². The topological polar surface area (TPSA) is 3.24 Å². The van der Waals surface area contributed by atoms with Gasteiger partial charge in [-0.3, -0.25) is 0 Å². The molecular formula is C10H21NS. The maximum absolute atomic E-state index is 2.62. The molecular weight excluding hydrogens is 166 g/mol. The maximum atomic E-state index is 2.62. The largest absolute Gasteiger partial charge is 0.301 e. The molecule has 1 atom stereocenters. The van der Waals surface area contributed by atoms with Gasteiger partial charge in [0.05, 0.1) is 0 Å². The predicted octanol–water partition coefficient (Wildman–Crippen LogP) is 2.47. The quantitative estimate of drug-likeness (QED) is 0.668. The molecule has 1 rings (SSSR count). The lowest BCUT2D eigenvalue weighted by Crippen LogP contribution is -2.40. The van der Waals surface area contributed by atoms with Gasteiger partial charge in [-0.1, -0.05) is 0 Å². The molecule has 0 aliphatic carbocycles. The van der Waals surface area contributed by atoms with Gasteiger partial charge in [0.1, 0.15) is 0 Å². The Kier molecular flexibility index (Phi) is 4.44. The Morgan fingerprint density at radius 2 is 2.25 bits per heavy atom. The minimum absolute atomic E-state index is 0.745. The van der Waals surface area contributed by atoms with E-state index in [1.54, 1.807) is 0 Å². The van der Waals surface area contributed by atoms with E-state index in [4.69, 9.17) is 0 Å². The van der Waals surface area contributed by atoms with Crippen LogP contribution in [-0.4, -0.2) is 36.0 Å². The van der Waals surface area contributed by atoms with Gasteiger partial charge < -0.3 is 4.90 Å². The zero-order chi connectivity index (χ0) is 8.97. The van der Waals surface area contributed by atoms with Crippen molar-refractivity contribution in [2.45, 2.75) is 32.7 Å². The first-order chi connectivity index (χ1) is 5.74. The fraction of sp³-hybridized carbons (Fsp3) is 1.00. The molecule has 0 spiro atoms. The van der Waals surface area contributed by atoms with E-state index in [2.05, 4.69) is 25.0 Å². The highest BCUT2D eigenvalue weighted by molar-refractivity contribution is 7.98. The van der Waals surface area contributed by atoms with Crippen LogP contribution in [0.4, 0.5) is 0 Å². The SMILES string of the molecule is CSCC1CCCN(C(C)C)C1. The molecule has 0 aromatic rings. The van der Waals surface area contributed by atoms with Crippen molar-refractivity contribution in [2.24, 2.45) is 5.92 Å². The second-order valence-corrected chi connectivity index (χ2v) is 4.96. The molecule has 1 unspecified atom stereocenters. The number of hydrogen-bond donors (Lipinski definition) is 0. The van der Waals surface area contributed by atoms with Crippen LogP contribution < -0.4 is 0 Å². The van der Waals surface area contributed by atoms with E-state index in [1.807, 2.05) is 11.8 Å².